The van der Waals surface area contributed by atoms with Gasteiger partial charge in [0.1, 0.15) is 17.3 Å². The second kappa shape index (κ2) is 8.19. The van der Waals surface area contributed by atoms with E-state index in [9.17, 15) is 0 Å². The third-order valence-corrected chi connectivity index (χ3v) is 2.80. The maximum absolute atomic E-state index is 6.90. The number of rotatable bonds is 7. The minimum atomic E-state index is 0.570. The highest BCUT2D eigenvalue weighted by Crippen LogP contribution is 2.19. The summed E-state index contributed by atoms with van der Waals surface area (Å²) < 4.78 is 11.2. The number of nitrogens with two attached hydrogens (primary N) is 1. The summed E-state index contributed by atoms with van der Waals surface area (Å²) in [5, 5.41) is 3.32. The molecule has 0 saturated carbocycles. The van der Waals surface area contributed by atoms with Crippen LogP contribution in [-0.4, -0.2) is 0 Å². The molecule has 0 saturated heterocycles. The summed E-state index contributed by atoms with van der Waals surface area (Å²) >= 11 is 0. The van der Waals surface area contributed by atoms with Crippen molar-refractivity contribution < 1.29 is 9.47 Å². The highest BCUT2D eigenvalue weighted by molar-refractivity contribution is 5.43. The smallest absolute Gasteiger partial charge is 0.130 e. The molecule has 0 aliphatic rings. The van der Waals surface area contributed by atoms with Crippen molar-refractivity contribution in [2.24, 2.45) is 5.11 Å². The van der Waals surface area contributed by atoms with Crippen LogP contribution in [0.4, 0.5) is 11.4 Å². The highest BCUT2D eigenvalue weighted by atomic mass is 16.5. The molecular weight excluding hydrogens is 290 g/mol. The molecule has 0 amide bonds. The van der Waals surface area contributed by atoms with Crippen molar-refractivity contribution >= 4 is 11.4 Å². The first kappa shape index (κ1) is 16.0. The highest BCUT2D eigenvalue weighted by Gasteiger charge is 1.97. The first-order valence-corrected chi connectivity index (χ1v) is 6.88. The predicted octanol–water partition coefficient (Wildman–Crippen LogP) is 4.97. The van der Waals surface area contributed by atoms with Gasteiger partial charge in [0, 0.05) is 11.8 Å². The average molecular weight is 307 g/mol. The summed E-state index contributed by atoms with van der Waals surface area (Å²) in [4.78, 5) is 0. The second-order valence-corrected chi connectivity index (χ2v) is 4.50. The van der Waals surface area contributed by atoms with E-state index >= 15 is 0 Å². The van der Waals surface area contributed by atoms with Gasteiger partial charge in [-0.2, -0.15) is 5.11 Å². The third-order valence-electron chi connectivity index (χ3n) is 2.80. The van der Waals surface area contributed by atoms with Gasteiger partial charge in [0.2, 0.25) is 0 Å². The van der Waals surface area contributed by atoms with Gasteiger partial charge in [0.15, 0.2) is 0 Å². The average Bonchev–Trinajstić information content (AvgIpc) is 2.58. The molecule has 0 unspecified atom stereocenters. The molecular formula is C18H17N3O2. The molecule has 0 heterocycles. The van der Waals surface area contributed by atoms with Gasteiger partial charge in [-0.15, -0.1) is 0 Å². The quantitative estimate of drug-likeness (QED) is 0.328. The Kier molecular flexibility index (Phi) is 5.71. The lowest BCUT2D eigenvalue weighted by Crippen LogP contribution is -1.93. The first-order chi connectivity index (χ1) is 11.2. The van der Waals surface area contributed by atoms with Gasteiger partial charge in [0.05, 0.1) is 11.9 Å². The molecule has 0 spiro atoms. The number of ether oxygens (including phenoxy) is 2. The normalized spacial score (nSPS) is 11.2. The van der Waals surface area contributed by atoms with Crippen molar-refractivity contribution in [3.63, 3.8) is 0 Å². The van der Waals surface area contributed by atoms with Crippen LogP contribution in [0.3, 0.4) is 0 Å². The fourth-order valence-electron chi connectivity index (χ4n) is 1.69. The monoisotopic (exact) mass is 307 g/mol. The topological polar surface area (TPSA) is 80.7 Å². The number of nitrogen functional groups attached to an aromatic ring is 1. The number of hydrogen-bond donors (Lipinski definition) is 2. The Morgan fingerprint density at radius 2 is 1.70 bits per heavy atom. The lowest BCUT2D eigenvalue weighted by molar-refractivity contribution is 0.433. The van der Waals surface area contributed by atoms with Crippen LogP contribution >= 0.6 is 0 Å². The van der Waals surface area contributed by atoms with E-state index in [4.69, 9.17) is 20.7 Å². The maximum Gasteiger partial charge on any atom is 0.130 e. The van der Waals surface area contributed by atoms with Gasteiger partial charge < -0.3 is 15.2 Å². The zero-order valence-electron chi connectivity index (χ0n) is 12.5. The number of allylic oxidation sites excluding steroid dienone is 3. The van der Waals surface area contributed by atoms with Crippen molar-refractivity contribution in [1.82, 2.24) is 0 Å². The van der Waals surface area contributed by atoms with Crippen LogP contribution in [-0.2, 0) is 0 Å². The van der Waals surface area contributed by atoms with Crippen LogP contribution in [0.25, 0.3) is 0 Å². The largest absolute Gasteiger partial charge is 0.465 e. The lowest BCUT2D eigenvalue weighted by Gasteiger charge is -2.06. The fourth-order valence-corrected chi connectivity index (χ4v) is 1.69. The summed E-state index contributed by atoms with van der Waals surface area (Å²) in [5.74, 6) is 1.87. The van der Waals surface area contributed by atoms with Crippen LogP contribution < -0.4 is 15.2 Å². The molecule has 0 bridgehead atoms. The zero-order valence-corrected chi connectivity index (χ0v) is 12.5. The van der Waals surface area contributed by atoms with Crippen molar-refractivity contribution in [3.05, 3.63) is 85.4 Å². The number of hydrogen-bond acceptors (Lipinski definition) is 5. The Hall–Kier alpha value is -3.34. The molecule has 0 radical (unpaired) electrons. The van der Waals surface area contributed by atoms with E-state index < -0.39 is 0 Å². The van der Waals surface area contributed by atoms with Gasteiger partial charge in [-0.05, 0) is 54.6 Å². The Morgan fingerprint density at radius 3 is 2.30 bits per heavy atom. The number of nitrogens with one attached hydrogen (secondary N) is 1. The summed E-state index contributed by atoms with van der Waals surface area (Å²) in [5.41, 5.74) is 13.8. The summed E-state index contributed by atoms with van der Waals surface area (Å²) in [7, 11) is 0. The van der Waals surface area contributed by atoms with Crippen molar-refractivity contribution in [2.45, 2.75) is 0 Å². The molecule has 5 nitrogen and oxygen atoms in total. The van der Waals surface area contributed by atoms with Crippen LogP contribution in [0.15, 0.2) is 90.5 Å². The molecule has 23 heavy (non-hydrogen) atoms. The van der Waals surface area contributed by atoms with Crippen LogP contribution in [0.1, 0.15) is 0 Å². The minimum Gasteiger partial charge on any atom is -0.465 e. The molecule has 0 aliphatic carbocycles. The Morgan fingerprint density at radius 1 is 1.04 bits per heavy atom. The zero-order chi connectivity index (χ0) is 16.5. The second-order valence-electron chi connectivity index (χ2n) is 4.50. The van der Waals surface area contributed by atoms with E-state index in [0.29, 0.717) is 28.6 Å². The van der Waals surface area contributed by atoms with Gasteiger partial charge in [0.25, 0.3) is 0 Å². The van der Waals surface area contributed by atoms with E-state index in [2.05, 4.69) is 11.7 Å². The van der Waals surface area contributed by atoms with E-state index in [1.165, 1.54) is 6.26 Å². The van der Waals surface area contributed by atoms with Crippen LogP contribution in [0.5, 0.6) is 11.5 Å². The molecule has 0 fully saturated rings. The van der Waals surface area contributed by atoms with E-state index in [-0.39, 0.29) is 0 Å². The standard InChI is InChI=1S/C18H17N3O2/c1-2-3-17(23-18-8-4-14(19)5-9-18)12-13-22-16-10-6-15(21-20)7-11-16/h2-13,20H,1,19H2/b13-12-,17-3+,21-20?. The minimum absolute atomic E-state index is 0.570. The van der Waals surface area contributed by atoms with E-state index in [0.717, 1.165) is 0 Å². The lowest BCUT2D eigenvalue weighted by atomic mass is 10.3. The molecule has 2 aromatic rings. The third kappa shape index (κ3) is 5.17. The van der Waals surface area contributed by atoms with Crippen molar-refractivity contribution in [2.75, 3.05) is 5.73 Å². The van der Waals surface area contributed by atoms with Gasteiger partial charge in [-0.25, -0.2) is 5.53 Å². The first-order valence-electron chi connectivity index (χ1n) is 6.88. The molecule has 0 aliphatic heterocycles. The molecule has 5 heteroatoms. The maximum atomic E-state index is 6.90. The molecule has 3 N–H and O–H groups in total. The molecule has 116 valence electrons. The van der Waals surface area contributed by atoms with Crippen LogP contribution in [0, 0.1) is 5.53 Å². The van der Waals surface area contributed by atoms with Gasteiger partial charge in [-0.3, -0.25) is 0 Å². The van der Waals surface area contributed by atoms with E-state index in [1.54, 1.807) is 66.8 Å². The summed E-state index contributed by atoms with van der Waals surface area (Å²) in [6.07, 6.45) is 6.54. The number of benzene rings is 2. The van der Waals surface area contributed by atoms with Gasteiger partial charge in [-0.1, -0.05) is 12.7 Å². The SMILES string of the molecule is C=C/C=C(\C=C/Oc1ccc(N=N)cc1)Oc1ccc(N)cc1. The van der Waals surface area contributed by atoms with E-state index in [1.807, 2.05) is 0 Å². The molecule has 0 aromatic heterocycles. The number of nitrogens with zero attached hydrogens (tertiary/aromatic N) is 1. The number of anilines is 1. The Bertz CT molecular complexity index is 717. The van der Waals surface area contributed by atoms with Crippen molar-refractivity contribution in [3.8, 4) is 11.5 Å². The summed E-state index contributed by atoms with van der Waals surface area (Å²) in [6, 6.07) is 13.9. The van der Waals surface area contributed by atoms with Crippen LogP contribution in [0.2, 0.25) is 0 Å². The summed E-state index contributed by atoms with van der Waals surface area (Å²) in [6.45, 7) is 3.66. The fraction of sp³-hybridized carbons (Fsp3) is 0. The Balaban J connectivity index is 2.00. The van der Waals surface area contributed by atoms with Gasteiger partial charge >= 0.3 is 0 Å². The molecule has 0 atom stereocenters. The Labute approximate surface area is 134 Å². The molecule has 2 aromatic carbocycles. The predicted molar refractivity (Wildman–Crippen MR) is 90.8 cm³/mol. The van der Waals surface area contributed by atoms with Crippen molar-refractivity contribution in [1.29, 1.82) is 5.53 Å². The molecule has 2 rings (SSSR count).